The van der Waals surface area contributed by atoms with Gasteiger partial charge in [0.25, 0.3) is 11.1 Å². The Balaban J connectivity index is 1.76. The lowest BCUT2D eigenvalue weighted by Crippen LogP contribution is -2.27. The Hall–Kier alpha value is -3.51. The molecule has 0 radical (unpaired) electrons. The van der Waals surface area contributed by atoms with Gasteiger partial charge < -0.3 is 4.74 Å². The molecule has 0 atom stereocenters. The van der Waals surface area contributed by atoms with E-state index in [2.05, 4.69) is 11.6 Å². The number of ether oxygens (including phenoxy) is 1. The van der Waals surface area contributed by atoms with Gasteiger partial charge in [0.1, 0.15) is 12.4 Å². The molecule has 5 nitrogen and oxygen atoms in total. The molecule has 2 aromatic carbocycles. The van der Waals surface area contributed by atoms with Crippen LogP contribution in [0, 0.1) is 6.92 Å². The van der Waals surface area contributed by atoms with Crippen molar-refractivity contribution in [2.75, 3.05) is 6.61 Å². The Morgan fingerprint density at radius 2 is 1.83 bits per heavy atom. The molecule has 0 aliphatic rings. The molecule has 6 heteroatoms. The minimum Gasteiger partial charge on any atom is -0.490 e. The molecule has 2 aromatic heterocycles. The van der Waals surface area contributed by atoms with Gasteiger partial charge in [0.15, 0.2) is 0 Å². The summed E-state index contributed by atoms with van der Waals surface area (Å²) < 4.78 is 7.55. The van der Waals surface area contributed by atoms with Crippen LogP contribution in [-0.4, -0.2) is 16.0 Å². The number of aromatic nitrogens is 2. The third-order valence-electron chi connectivity index (χ3n) is 4.80. The smallest absolute Gasteiger partial charge is 0.277 e. The lowest BCUT2D eigenvalue weighted by Gasteiger charge is -2.06. The SMILES string of the molecule is C=CCOc1ccc(/C=c2/sc3nc(=O)c(Cc4ccccc4)c(C)n3c2=O)cc1. The van der Waals surface area contributed by atoms with E-state index in [1.54, 1.807) is 19.1 Å². The molecule has 4 rings (SSSR count). The van der Waals surface area contributed by atoms with E-state index in [4.69, 9.17) is 4.74 Å². The minimum absolute atomic E-state index is 0.165. The van der Waals surface area contributed by atoms with Crippen LogP contribution in [0.1, 0.15) is 22.4 Å². The summed E-state index contributed by atoms with van der Waals surface area (Å²) in [7, 11) is 0. The van der Waals surface area contributed by atoms with Gasteiger partial charge >= 0.3 is 0 Å². The first-order chi connectivity index (χ1) is 14.6. The van der Waals surface area contributed by atoms with Crippen LogP contribution in [0.4, 0.5) is 0 Å². The van der Waals surface area contributed by atoms with Crippen LogP contribution in [-0.2, 0) is 6.42 Å². The Morgan fingerprint density at radius 3 is 2.53 bits per heavy atom. The number of thiazole rings is 1. The zero-order valence-corrected chi connectivity index (χ0v) is 17.3. The largest absolute Gasteiger partial charge is 0.490 e. The molecule has 0 saturated heterocycles. The molecule has 0 spiro atoms. The summed E-state index contributed by atoms with van der Waals surface area (Å²) in [6.07, 6.45) is 3.94. The first-order valence-electron chi connectivity index (χ1n) is 9.51. The van der Waals surface area contributed by atoms with Crippen LogP contribution >= 0.6 is 11.3 Å². The van der Waals surface area contributed by atoms with Gasteiger partial charge in [-0.1, -0.05) is 66.5 Å². The monoisotopic (exact) mass is 416 g/mol. The van der Waals surface area contributed by atoms with Gasteiger partial charge in [-0.15, -0.1) is 0 Å². The Bertz CT molecular complexity index is 1370. The minimum atomic E-state index is -0.284. The summed E-state index contributed by atoms with van der Waals surface area (Å²) in [5.41, 5.74) is 2.61. The predicted octanol–water partition coefficient (Wildman–Crippen LogP) is 3.13. The summed E-state index contributed by atoms with van der Waals surface area (Å²) >= 11 is 1.22. The van der Waals surface area contributed by atoms with E-state index in [0.717, 1.165) is 16.9 Å². The van der Waals surface area contributed by atoms with E-state index in [9.17, 15) is 9.59 Å². The first kappa shape index (κ1) is 19.8. The van der Waals surface area contributed by atoms with E-state index in [1.807, 2.05) is 54.6 Å². The summed E-state index contributed by atoms with van der Waals surface area (Å²) in [4.78, 5) is 30.2. The fraction of sp³-hybridized carbons (Fsp3) is 0.125. The van der Waals surface area contributed by atoms with Crippen molar-refractivity contribution in [2.24, 2.45) is 0 Å². The van der Waals surface area contributed by atoms with Crippen molar-refractivity contribution in [3.05, 3.63) is 115 Å². The van der Waals surface area contributed by atoms with E-state index < -0.39 is 0 Å². The number of hydrogen-bond donors (Lipinski definition) is 0. The molecule has 2 heterocycles. The van der Waals surface area contributed by atoms with E-state index in [-0.39, 0.29) is 11.1 Å². The van der Waals surface area contributed by atoms with E-state index in [1.165, 1.54) is 15.7 Å². The molecule has 30 heavy (non-hydrogen) atoms. The molecular weight excluding hydrogens is 396 g/mol. The Kier molecular flexibility index (Phi) is 5.59. The number of rotatable bonds is 6. The number of aryl methyl sites for hydroxylation is 1. The Labute approximate surface area is 177 Å². The molecule has 0 unspecified atom stereocenters. The van der Waals surface area contributed by atoms with Crippen LogP contribution in [0.2, 0.25) is 0 Å². The number of hydrogen-bond acceptors (Lipinski definition) is 5. The molecule has 4 aromatic rings. The highest BCUT2D eigenvalue weighted by molar-refractivity contribution is 7.15. The lowest BCUT2D eigenvalue weighted by molar-refractivity contribution is 0.363. The van der Waals surface area contributed by atoms with Crippen molar-refractivity contribution >= 4 is 22.4 Å². The topological polar surface area (TPSA) is 60.7 Å². The average Bonchev–Trinajstić information content (AvgIpc) is 3.06. The summed E-state index contributed by atoms with van der Waals surface area (Å²) in [6, 6.07) is 17.2. The van der Waals surface area contributed by atoms with Gasteiger partial charge in [0.2, 0.25) is 4.96 Å². The summed E-state index contributed by atoms with van der Waals surface area (Å²) in [5.74, 6) is 0.735. The normalized spacial score (nSPS) is 11.7. The molecule has 0 saturated carbocycles. The highest BCUT2D eigenvalue weighted by atomic mass is 32.1. The van der Waals surface area contributed by atoms with Crippen molar-refractivity contribution < 1.29 is 4.74 Å². The van der Waals surface area contributed by atoms with Crippen LogP contribution in [0.15, 0.2) is 76.8 Å². The zero-order chi connectivity index (χ0) is 21.1. The second-order valence-corrected chi connectivity index (χ2v) is 7.85. The molecule has 150 valence electrons. The average molecular weight is 417 g/mol. The zero-order valence-electron chi connectivity index (χ0n) is 16.5. The van der Waals surface area contributed by atoms with Crippen molar-refractivity contribution in [2.45, 2.75) is 13.3 Å². The highest BCUT2D eigenvalue weighted by Gasteiger charge is 2.14. The van der Waals surface area contributed by atoms with E-state index in [0.29, 0.717) is 33.8 Å². The van der Waals surface area contributed by atoms with Crippen molar-refractivity contribution in [1.29, 1.82) is 0 Å². The summed E-state index contributed by atoms with van der Waals surface area (Å²) in [5, 5.41) is 0. The number of nitrogens with zero attached hydrogens (tertiary/aromatic N) is 2. The van der Waals surface area contributed by atoms with Gasteiger partial charge in [-0.2, -0.15) is 4.98 Å². The van der Waals surface area contributed by atoms with Crippen LogP contribution in [0.25, 0.3) is 11.0 Å². The van der Waals surface area contributed by atoms with Crippen LogP contribution in [0.5, 0.6) is 5.75 Å². The molecular formula is C24H20N2O3S. The van der Waals surface area contributed by atoms with Crippen molar-refractivity contribution in [3.63, 3.8) is 0 Å². The second-order valence-electron chi connectivity index (χ2n) is 6.85. The third-order valence-corrected chi connectivity index (χ3v) is 5.77. The summed E-state index contributed by atoms with van der Waals surface area (Å²) in [6.45, 7) is 5.87. The number of benzene rings is 2. The maximum atomic E-state index is 13.0. The number of fused-ring (bicyclic) bond motifs is 1. The molecule has 0 aliphatic heterocycles. The predicted molar refractivity (Wildman–Crippen MR) is 121 cm³/mol. The van der Waals surface area contributed by atoms with Crippen molar-refractivity contribution in [1.82, 2.24) is 9.38 Å². The first-order valence-corrected chi connectivity index (χ1v) is 10.3. The highest BCUT2D eigenvalue weighted by Crippen LogP contribution is 2.14. The lowest BCUT2D eigenvalue weighted by atomic mass is 10.1. The fourth-order valence-corrected chi connectivity index (χ4v) is 4.27. The molecule has 0 fully saturated rings. The Morgan fingerprint density at radius 1 is 1.10 bits per heavy atom. The van der Waals surface area contributed by atoms with Gasteiger partial charge in [0, 0.05) is 17.7 Å². The van der Waals surface area contributed by atoms with Gasteiger partial charge in [-0.3, -0.25) is 14.0 Å². The third kappa shape index (κ3) is 3.95. The van der Waals surface area contributed by atoms with E-state index >= 15 is 0 Å². The molecule has 0 aliphatic carbocycles. The van der Waals surface area contributed by atoms with Crippen LogP contribution < -0.4 is 20.4 Å². The second kappa shape index (κ2) is 8.47. The molecule has 0 N–H and O–H groups in total. The quantitative estimate of drug-likeness (QED) is 0.453. The molecule has 0 bridgehead atoms. The van der Waals surface area contributed by atoms with Gasteiger partial charge in [-0.25, -0.2) is 0 Å². The van der Waals surface area contributed by atoms with Gasteiger partial charge in [-0.05, 0) is 36.3 Å². The molecule has 0 amide bonds. The van der Waals surface area contributed by atoms with Crippen LogP contribution in [0.3, 0.4) is 0 Å². The van der Waals surface area contributed by atoms with Crippen molar-refractivity contribution in [3.8, 4) is 5.75 Å². The maximum Gasteiger partial charge on any atom is 0.277 e. The van der Waals surface area contributed by atoms with Gasteiger partial charge in [0.05, 0.1) is 4.53 Å². The standard InChI is InChI=1S/C24H20N2O3S/c1-3-13-29-19-11-9-18(10-12-19)15-21-23(28)26-16(2)20(22(27)25-24(26)30-21)14-17-7-5-4-6-8-17/h3-12,15H,1,13-14H2,2H3/b21-15+. The fourth-order valence-electron chi connectivity index (χ4n) is 3.26. The maximum absolute atomic E-state index is 13.0.